The van der Waals surface area contributed by atoms with Gasteiger partial charge in [0.05, 0.1) is 31.4 Å². The second kappa shape index (κ2) is 7.83. The molecule has 1 aliphatic carbocycles. The number of nitrogens with zero attached hydrogens (tertiary/aromatic N) is 5. The zero-order chi connectivity index (χ0) is 19.6. The summed E-state index contributed by atoms with van der Waals surface area (Å²) in [5, 5.41) is 4.42. The zero-order valence-corrected chi connectivity index (χ0v) is 16.7. The predicted molar refractivity (Wildman–Crippen MR) is 116 cm³/mol. The summed E-state index contributed by atoms with van der Waals surface area (Å²) in [4.78, 5) is 11.9. The molecule has 0 radical (unpaired) electrons. The quantitative estimate of drug-likeness (QED) is 0.516. The molecular weight excluding hydrogens is 364 g/mol. The van der Waals surface area contributed by atoms with Crippen LogP contribution in [0.25, 0.3) is 11.2 Å². The number of aryl methyl sites for hydroxylation is 1. The van der Waals surface area contributed by atoms with Crippen LogP contribution in [0, 0.1) is 12.8 Å². The highest BCUT2D eigenvalue weighted by Crippen LogP contribution is 2.33. The van der Waals surface area contributed by atoms with E-state index < -0.39 is 0 Å². The van der Waals surface area contributed by atoms with E-state index in [1.54, 1.807) is 0 Å². The number of morpholine rings is 1. The van der Waals surface area contributed by atoms with Gasteiger partial charge in [0.2, 0.25) is 0 Å². The molecule has 0 atom stereocenters. The Kier molecular flexibility index (Phi) is 4.89. The Morgan fingerprint density at radius 2 is 2.10 bits per heavy atom. The van der Waals surface area contributed by atoms with Gasteiger partial charge in [0.15, 0.2) is 11.5 Å². The first-order valence-corrected chi connectivity index (χ1v) is 10.3. The molecule has 3 aromatic rings. The summed E-state index contributed by atoms with van der Waals surface area (Å²) in [5.41, 5.74) is 8.39. The first kappa shape index (κ1) is 18.1. The summed E-state index contributed by atoms with van der Waals surface area (Å²) in [7, 11) is 0. The number of pyridine rings is 1. The number of fused-ring (bicyclic) bond motifs is 1. The van der Waals surface area contributed by atoms with Gasteiger partial charge in [-0.3, -0.25) is 5.43 Å². The molecule has 1 saturated carbocycles. The summed E-state index contributed by atoms with van der Waals surface area (Å²) >= 11 is 0. The van der Waals surface area contributed by atoms with Crippen LogP contribution >= 0.6 is 0 Å². The van der Waals surface area contributed by atoms with Crippen LogP contribution in [0.1, 0.15) is 24.0 Å². The topological polar surface area (TPSA) is 67.6 Å². The van der Waals surface area contributed by atoms with Gasteiger partial charge >= 0.3 is 0 Å². The minimum Gasteiger partial charge on any atom is -0.378 e. The number of aromatic nitrogens is 3. The van der Waals surface area contributed by atoms with Gasteiger partial charge in [-0.15, -0.1) is 0 Å². The number of benzene rings is 1. The number of rotatable bonds is 6. The maximum Gasteiger partial charge on any atom is 0.164 e. The van der Waals surface area contributed by atoms with Crippen molar-refractivity contribution < 1.29 is 4.74 Å². The largest absolute Gasteiger partial charge is 0.378 e. The summed E-state index contributed by atoms with van der Waals surface area (Å²) < 4.78 is 7.72. The van der Waals surface area contributed by atoms with Crippen molar-refractivity contribution in [1.82, 2.24) is 14.5 Å². The van der Waals surface area contributed by atoms with Crippen LogP contribution < -0.4 is 10.3 Å². The highest BCUT2D eigenvalue weighted by atomic mass is 16.5. The summed E-state index contributed by atoms with van der Waals surface area (Å²) in [6, 6.07) is 10.3. The van der Waals surface area contributed by atoms with E-state index in [2.05, 4.69) is 45.1 Å². The van der Waals surface area contributed by atoms with Crippen molar-refractivity contribution in [3.63, 3.8) is 0 Å². The van der Waals surface area contributed by atoms with Crippen molar-refractivity contribution in [2.24, 2.45) is 11.0 Å². The first-order chi connectivity index (χ1) is 14.3. The third-order valence-corrected chi connectivity index (χ3v) is 5.49. The fourth-order valence-electron chi connectivity index (χ4n) is 3.76. The van der Waals surface area contributed by atoms with E-state index >= 15 is 0 Å². The van der Waals surface area contributed by atoms with E-state index in [-0.39, 0.29) is 0 Å². The van der Waals surface area contributed by atoms with Crippen molar-refractivity contribution in [3.8, 4) is 0 Å². The summed E-state index contributed by atoms with van der Waals surface area (Å²) in [6.45, 7) is 6.26. The molecule has 7 nitrogen and oxygen atoms in total. The molecular formula is C22H26N6O. The Labute approximate surface area is 170 Å². The standard InChI is InChI=1S/C22H26N6O/c1-16-3-2-4-18(11-16)13-24-26-20-12-19(27-7-9-29-10-8-27)21-22(25-20)28(15-23-21)14-17-5-6-17/h2-4,11-13,15,17H,5-10,14H2,1H3,(H,25,26)/b24-13+. The number of hydrogen-bond donors (Lipinski definition) is 1. The van der Waals surface area contributed by atoms with Gasteiger partial charge in [-0.1, -0.05) is 29.8 Å². The van der Waals surface area contributed by atoms with Crippen LogP contribution in [0.15, 0.2) is 41.8 Å². The fraction of sp³-hybridized carbons (Fsp3) is 0.409. The Morgan fingerprint density at radius 3 is 2.90 bits per heavy atom. The van der Waals surface area contributed by atoms with Gasteiger partial charge < -0.3 is 14.2 Å². The van der Waals surface area contributed by atoms with Crippen molar-refractivity contribution in [2.75, 3.05) is 36.6 Å². The van der Waals surface area contributed by atoms with Gasteiger partial charge in [-0.25, -0.2) is 9.97 Å². The molecule has 0 bridgehead atoms. The third kappa shape index (κ3) is 4.10. The Hall–Kier alpha value is -2.93. The van der Waals surface area contributed by atoms with E-state index in [0.29, 0.717) is 0 Å². The number of hydrazone groups is 1. The Morgan fingerprint density at radius 1 is 1.24 bits per heavy atom. The van der Waals surface area contributed by atoms with Crippen molar-refractivity contribution >= 4 is 28.9 Å². The molecule has 2 fully saturated rings. The minimum atomic E-state index is 0.737. The van der Waals surface area contributed by atoms with Crippen LogP contribution in [-0.4, -0.2) is 47.1 Å². The number of imidazole rings is 1. The predicted octanol–water partition coefficient (Wildman–Crippen LogP) is 3.43. The first-order valence-electron chi connectivity index (χ1n) is 10.3. The van der Waals surface area contributed by atoms with E-state index in [1.807, 2.05) is 24.7 Å². The van der Waals surface area contributed by atoms with Crippen LogP contribution in [-0.2, 0) is 11.3 Å². The molecule has 1 N–H and O–H groups in total. The molecule has 0 spiro atoms. The molecule has 2 aromatic heterocycles. The van der Waals surface area contributed by atoms with Crippen molar-refractivity contribution in [1.29, 1.82) is 0 Å². The van der Waals surface area contributed by atoms with Crippen LogP contribution in [0.4, 0.5) is 11.5 Å². The maximum atomic E-state index is 5.53. The fourth-order valence-corrected chi connectivity index (χ4v) is 3.76. The minimum absolute atomic E-state index is 0.737. The Balaban J connectivity index is 1.46. The van der Waals surface area contributed by atoms with Gasteiger partial charge in [0, 0.05) is 25.7 Å². The molecule has 150 valence electrons. The average molecular weight is 390 g/mol. The summed E-state index contributed by atoms with van der Waals surface area (Å²) in [5.74, 6) is 1.50. The molecule has 0 amide bonds. The molecule has 3 heterocycles. The number of anilines is 2. The van der Waals surface area contributed by atoms with E-state index in [4.69, 9.17) is 14.7 Å². The number of nitrogens with one attached hydrogen (secondary N) is 1. The molecule has 0 unspecified atom stereocenters. The van der Waals surface area contributed by atoms with Crippen LogP contribution in [0.5, 0.6) is 0 Å². The second-order valence-electron chi connectivity index (χ2n) is 7.92. The molecule has 7 heteroatoms. The van der Waals surface area contributed by atoms with Crippen molar-refractivity contribution in [2.45, 2.75) is 26.3 Å². The van der Waals surface area contributed by atoms with Crippen LogP contribution in [0.2, 0.25) is 0 Å². The number of ether oxygens (including phenoxy) is 1. The molecule has 5 rings (SSSR count). The lowest BCUT2D eigenvalue weighted by atomic mass is 10.2. The van der Waals surface area contributed by atoms with Crippen LogP contribution in [0.3, 0.4) is 0 Å². The van der Waals surface area contributed by atoms with Gasteiger partial charge in [0.1, 0.15) is 5.52 Å². The Bertz CT molecular complexity index is 1030. The van der Waals surface area contributed by atoms with E-state index in [0.717, 1.165) is 67.0 Å². The normalized spacial score (nSPS) is 17.3. The monoisotopic (exact) mass is 390 g/mol. The lowest BCUT2D eigenvalue weighted by Gasteiger charge is -2.29. The van der Waals surface area contributed by atoms with E-state index in [9.17, 15) is 0 Å². The van der Waals surface area contributed by atoms with Gasteiger partial charge in [-0.05, 0) is 31.2 Å². The molecule has 1 saturated heterocycles. The lowest BCUT2D eigenvalue weighted by Crippen LogP contribution is -2.36. The highest BCUT2D eigenvalue weighted by molar-refractivity contribution is 5.89. The van der Waals surface area contributed by atoms with Gasteiger partial charge in [-0.2, -0.15) is 5.10 Å². The number of hydrogen-bond acceptors (Lipinski definition) is 6. The third-order valence-electron chi connectivity index (χ3n) is 5.49. The SMILES string of the molecule is Cc1cccc(/C=N/Nc2cc(N3CCOCC3)c3ncn(CC4CC4)c3n2)c1. The average Bonchev–Trinajstić information content (AvgIpc) is 3.47. The summed E-state index contributed by atoms with van der Waals surface area (Å²) in [6.07, 6.45) is 6.36. The molecule has 2 aliphatic rings. The second-order valence-corrected chi connectivity index (χ2v) is 7.92. The highest BCUT2D eigenvalue weighted by Gasteiger charge is 2.24. The molecule has 29 heavy (non-hydrogen) atoms. The van der Waals surface area contributed by atoms with E-state index in [1.165, 1.54) is 18.4 Å². The van der Waals surface area contributed by atoms with Gasteiger partial charge in [0.25, 0.3) is 0 Å². The lowest BCUT2D eigenvalue weighted by molar-refractivity contribution is 0.123. The molecule has 1 aliphatic heterocycles. The molecule has 1 aromatic carbocycles. The smallest absolute Gasteiger partial charge is 0.164 e. The zero-order valence-electron chi connectivity index (χ0n) is 16.7. The van der Waals surface area contributed by atoms with Crippen molar-refractivity contribution in [3.05, 3.63) is 47.8 Å². The maximum absolute atomic E-state index is 5.53.